The fourth-order valence-corrected chi connectivity index (χ4v) is 1.82. The number of hydrogen-bond donors (Lipinski definition) is 0. The highest BCUT2D eigenvalue weighted by molar-refractivity contribution is 6.30. The fourth-order valence-electron chi connectivity index (χ4n) is 1.62. The predicted molar refractivity (Wildman–Crippen MR) is 79.1 cm³/mol. The van der Waals surface area contributed by atoms with Crippen molar-refractivity contribution < 1.29 is 14.3 Å². The van der Waals surface area contributed by atoms with E-state index in [1.807, 2.05) is 12.1 Å². The van der Waals surface area contributed by atoms with Crippen molar-refractivity contribution in [2.75, 3.05) is 7.11 Å². The van der Waals surface area contributed by atoms with Crippen LogP contribution in [0.25, 0.3) is 6.08 Å². The lowest BCUT2D eigenvalue weighted by Gasteiger charge is -2.06. The molecule has 0 aliphatic rings. The van der Waals surface area contributed by atoms with Gasteiger partial charge in [0.2, 0.25) is 0 Å². The molecule has 0 aliphatic carbocycles. The van der Waals surface area contributed by atoms with Crippen LogP contribution in [-0.2, 0) is 4.79 Å². The SMILES string of the molecule is COc1ccccc1OC(=O)C=Cc1cccc(Cl)c1. The zero-order valence-electron chi connectivity index (χ0n) is 10.9. The maximum Gasteiger partial charge on any atom is 0.336 e. The van der Waals surface area contributed by atoms with Crippen LogP contribution < -0.4 is 9.47 Å². The van der Waals surface area contributed by atoms with E-state index in [2.05, 4.69) is 0 Å². The van der Waals surface area contributed by atoms with Crippen LogP contribution in [0.5, 0.6) is 11.5 Å². The van der Waals surface area contributed by atoms with Gasteiger partial charge in [0.05, 0.1) is 7.11 Å². The second-order valence-corrected chi connectivity index (χ2v) is 4.40. The van der Waals surface area contributed by atoms with Gasteiger partial charge in [0.25, 0.3) is 0 Å². The van der Waals surface area contributed by atoms with Crippen molar-refractivity contribution in [1.29, 1.82) is 0 Å². The monoisotopic (exact) mass is 288 g/mol. The van der Waals surface area contributed by atoms with Crippen LogP contribution >= 0.6 is 11.6 Å². The van der Waals surface area contributed by atoms with Crippen molar-refractivity contribution in [3.63, 3.8) is 0 Å². The maximum absolute atomic E-state index is 11.7. The summed E-state index contributed by atoms with van der Waals surface area (Å²) in [5, 5.41) is 0.616. The number of benzene rings is 2. The number of para-hydroxylation sites is 2. The number of carbonyl (C=O) groups excluding carboxylic acids is 1. The first-order valence-corrected chi connectivity index (χ1v) is 6.35. The van der Waals surface area contributed by atoms with E-state index in [1.165, 1.54) is 13.2 Å². The van der Waals surface area contributed by atoms with Gasteiger partial charge in [-0.15, -0.1) is 0 Å². The average Bonchev–Trinajstić information content (AvgIpc) is 2.46. The quantitative estimate of drug-likeness (QED) is 0.485. The summed E-state index contributed by atoms with van der Waals surface area (Å²) in [5.41, 5.74) is 0.828. The van der Waals surface area contributed by atoms with Gasteiger partial charge in [-0.2, -0.15) is 0 Å². The highest BCUT2D eigenvalue weighted by atomic mass is 35.5. The van der Waals surface area contributed by atoms with Crippen molar-refractivity contribution in [3.05, 3.63) is 65.2 Å². The van der Waals surface area contributed by atoms with Crippen LogP contribution in [0.3, 0.4) is 0 Å². The second-order valence-electron chi connectivity index (χ2n) is 3.96. The van der Waals surface area contributed by atoms with Crippen molar-refractivity contribution in [2.45, 2.75) is 0 Å². The maximum atomic E-state index is 11.7. The minimum Gasteiger partial charge on any atom is -0.493 e. The summed E-state index contributed by atoms with van der Waals surface area (Å²) in [6.07, 6.45) is 2.99. The Morgan fingerprint density at radius 1 is 1.10 bits per heavy atom. The first kappa shape index (κ1) is 14.2. The number of hydrogen-bond acceptors (Lipinski definition) is 3. The number of rotatable bonds is 4. The Balaban J connectivity index is 2.06. The van der Waals surface area contributed by atoms with Crippen LogP contribution in [0.4, 0.5) is 0 Å². The van der Waals surface area contributed by atoms with Crippen LogP contribution in [0, 0.1) is 0 Å². The predicted octanol–water partition coefficient (Wildman–Crippen LogP) is 3.97. The fraction of sp³-hybridized carbons (Fsp3) is 0.0625. The Morgan fingerprint density at radius 2 is 1.85 bits per heavy atom. The molecule has 0 heterocycles. The lowest BCUT2D eigenvalue weighted by atomic mass is 10.2. The molecule has 2 rings (SSSR count). The molecule has 0 spiro atoms. The molecule has 0 saturated heterocycles. The van der Waals surface area contributed by atoms with Crippen LogP contribution in [0.2, 0.25) is 5.02 Å². The van der Waals surface area contributed by atoms with Crippen LogP contribution in [0.15, 0.2) is 54.6 Å². The van der Waals surface area contributed by atoms with Crippen LogP contribution in [-0.4, -0.2) is 13.1 Å². The Kier molecular flexibility index (Phi) is 4.80. The Bertz CT molecular complexity index is 635. The highest BCUT2D eigenvalue weighted by Crippen LogP contribution is 2.25. The highest BCUT2D eigenvalue weighted by Gasteiger charge is 2.06. The first-order chi connectivity index (χ1) is 9.69. The normalized spacial score (nSPS) is 10.5. The summed E-state index contributed by atoms with van der Waals surface area (Å²) in [4.78, 5) is 11.7. The molecule has 4 heteroatoms. The summed E-state index contributed by atoms with van der Waals surface area (Å²) in [7, 11) is 1.52. The summed E-state index contributed by atoms with van der Waals surface area (Å²) >= 11 is 5.86. The third-order valence-electron chi connectivity index (χ3n) is 2.54. The van der Waals surface area contributed by atoms with Gasteiger partial charge in [-0.25, -0.2) is 4.79 Å². The third kappa shape index (κ3) is 3.87. The van der Waals surface area contributed by atoms with E-state index in [1.54, 1.807) is 42.5 Å². The van der Waals surface area contributed by atoms with E-state index < -0.39 is 5.97 Å². The number of halogens is 1. The van der Waals surface area contributed by atoms with E-state index in [-0.39, 0.29) is 0 Å². The van der Waals surface area contributed by atoms with E-state index in [9.17, 15) is 4.79 Å². The molecule has 0 N–H and O–H groups in total. The second kappa shape index (κ2) is 6.78. The molecule has 0 bridgehead atoms. The molecule has 3 nitrogen and oxygen atoms in total. The molecular formula is C16H13ClO3. The molecule has 2 aromatic carbocycles. The first-order valence-electron chi connectivity index (χ1n) is 5.97. The van der Waals surface area contributed by atoms with E-state index in [0.29, 0.717) is 16.5 Å². The van der Waals surface area contributed by atoms with Crippen molar-refractivity contribution in [2.24, 2.45) is 0 Å². The van der Waals surface area contributed by atoms with Crippen molar-refractivity contribution in [1.82, 2.24) is 0 Å². The summed E-state index contributed by atoms with van der Waals surface area (Å²) in [5.74, 6) is 0.419. The van der Waals surface area contributed by atoms with E-state index >= 15 is 0 Å². The number of ether oxygens (including phenoxy) is 2. The largest absolute Gasteiger partial charge is 0.493 e. The van der Waals surface area contributed by atoms with Crippen molar-refractivity contribution >= 4 is 23.6 Å². The minimum absolute atomic E-state index is 0.385. The molecule has 0 aliphatic heterocycles. The molecule has 0 saturated carbocycles. The molecule has 2 aromatic rings. The topological polar surface area (TPSA) is 35.5 Å². The van der Waals surface area contributed by atoms with Gasteiger partial charge in [-0.05, 0) is 35.9 Å². The zero-order valence-corrected chi connectivity index (χ0v) is 11.6. The summed E-state index contributed by atoms with van der Waals surface area (Å²) in [6, 6.07) is 14.2. The van der Waals surface area contributed by atoms with Gasteiger partial charge in [-0.3, -0.25) is 0 Å². The molecule has 20 heavy (non-hydrogen) atoms. The number of methoxy groups -OCH3 is 1. The molecular weight excluding hydrogens is 276 g/mol. The lowest BCUT2D eigenvalue weighted by molar-refractivity contribution is -0.129. The lowest BCUT2D eigenvalue weighted by Crippen LogP contribution is -2.04. The molecule has 0 unspecified atom stereocenters. The van der Waals surface area contributed by atoms with Gasteiger partial charge in [-0.1, -0.05) is 35.9 Å². The van der Waals surface area contributed by atoms with Gasteiger partial charge in [0.1, 0.15) is 0 Å². The summed E-state index contributed by atoms with van der Waals surface area (Å²) < 4.78 is 10.3. The number of carbonyl (C=O) groups is 1. The summed E-state index contributed by atoms with van der Waals surface area (Å²) in [6.45, 7) is 0. The molecule has 0 aromatic heterocycles. The molecule has 0 atom stereocenters. The Morgan fingerprint density at radius 3 is 2.55 bits per heavy atom. The molecule has 0 fully saturated rings. The molecule has 0 amide bonds. The van der Waals surface area contributed by atoms with Gasteiger partial charge < -0.3 is 9.47 Å². The van der Waals surface area contributed by atoms with E-state index in [0.717, 1.165) is 5.56 Å². The zero-order chi connectivity index (χ0) is 14.4. The third-order valence-corrected chi connectivity index (χ3v) is 2.78. The smallest absolute Gasteiger partial charge is 0.336 e. The van der Waals surface area contributed by atoms with Gasteiger partial charge in [0.15, 0.2) is 11.5 Å². The number of esters is 1. The van der Waals surface area contributed by atoms with Crippen molar-refractivity contribution in [3.8, 4) is 11.5 Å². The van der Waals surface area contributed by atoms with Gasteiger partial charge >= 0.3 is 5.97 Å². The van der Waals surface area contributed by atoms with Gasteiger partial charge in [0, 0.05) is 11.1 Å². The Hall–Kier alpha value is -2.26. The Labute approximate surface area is 122 Å². The van der Waals surface area contributed by atoms with E-state index in [4.69, 9.17) is 21.1 Å². The molecule has 0 radical (unpaired) electrons. The molecule has 102 valence electrons. The van der Waals surface area contributed by atoms with Crippen LogP contribution in [0.1, 0.15) is 5.56 Å². The average molecular weight is 289 g/mol. The minimum atomic E-state index is -0.477. The standard InChI is InChI=1S/C16H13ClO3/c1-19-14-7-2-3-8-15(14)20-16(18)10-9-12-5-4-6-13(17)11-12/h2-11H,1H3.